The van der Waals surface area contributed by atoms with Crippen molar-refractivity contribution >= 4 is 23.2 Å². The number of ether oxygens (including phenoxy) is 2. The molecule has 0 spiro atoms. The number of halogens is 2. The van der Waals surface area contributed by atoms with Crippen molar-refractivity contribution in [2.24, 2.45) is 5.73 Å². The lowest BCUT2D eigenvalue weighted by Gasteiger charge is -2.18. The number of benzene rings is 1. The summed E-state index contributed by atoms with van der Waals surface area (Å²) in [4.78, 5) is 0. The van der Waals surface area contributed by atoms with E-state index >= 15 is 0 Å². The van der Waals surface area contributed by atoms with Crippen LogP contribution in [0.25, 0.3) is 0 Å². The Balaban J connectivity index is 3.17. The lowest BCUT2D eigenvalue weighted by atomic mass is 9.99. The van der Waals surface area contributed by atoms with Crippen molar-refractivity contribution < 1.29 is 9.47 Å². The summed E-state index contributed by atoms with van der Waals surface area (Å²) in [5.74, 6) is 0.634. The van der Waals surface area contributed by atoms with Crippen LogP contribution in [0.5, 0.6) is 5.75 Å². The zero-order valence-electron chi connectivity index (χ0n) is 9.30. The predicted octanol–water partition coefficient (Wildman–Crippen LogP) is 2.69. The van der Waals surface area contributed by atoms with Crippen molar-refractivity contribution in [2.75, 3.05) is 27.4 Å². The fraction of sp³-hybridized carbons (Fsp3) is 0.455. The molecule has 0 saturated carbocycles. The zero-order chi connectivity index (χ0) is 12.1. The Morgan fingerprint density at radius 1 is 1.31 bits per heavy atom. The van der Waals surface area contributed by atoms with Crippen LogP contribution in [0, 0.1) is 0 Å². The molecular weight excluding hydrogens is 249 g/mol. The van der Waals surface area contributed by atoms with Crippen LogP contribution >= 0.6 is 23.2 Å². The van der Waals surface area contributed by atoms with Gasteiger partial charge in [-0.3, -0.25) is 0 Å². The normalized spacial score (nSPS) is 12.6. The molecule has 0 saturated heterocycles. The molecule has 0 aliphatic carbocycles. The van der Waals surface area contributed by atoms with Gasteiger partial charge in [0.1, 0.15) is 5.75 Å². The molecule has 0 radical (unpaired) electrons. The van der Waals surface area contributed by atoms with Crippen molar-refractivity contribution in [3.63, 3.8) is 0 Å². The van der Waals surface area contributed by atoms with Crippen molar-refractivity contribution in [1.82, 2.24) is 0 Å². The minimum Gasteiger partial charge on any atom is -0.495 e. The molecule has 0 aliphatic heterocycles. The Kier molecular flexibility index (Phi) is 5.35. The van der Waals surface area contributed by atoms with E-state index in [2.05, 4.69) is 0 Å². The van der Waals surface area contributed by atoms with Gasteiger partial charge in [0, 0.05) is 30.2 Å². The molecule has 16 heavy (non-hydrogen) atoms. The first-order valence-corrected chi connectivity index (χ1v) is 5.61. The second-order valence-corrected chi connectivity index (χ2v) is 4.24. The highest BCUT2D eigenvalue weighted by Gasteiger charge is 2.18. The van der Waals surface area contributed by atoms with E-state index in [-0.39, 0.29) is 5.92 Å². The van der Waals surface area contributed by atoms with E-state index in [1.807, 2.05) is 6.07 Å². The van der Waals surface area contributed by atoms with Crippen LogP contribution in [0.15, 0.2) is 12.1 Å². The molecule has 0 amide bonds. The third kappa shape index (κ3) is 3.01. The molecule has 1 aromatic carbocycles. The Morgan fingerprint density at radius 3 is 2.50 bits per heavy atom. The van der Waals surface area contributed by atoms with Crippen LogP contribution in [-0.4, -0.2) is 27.4 Å². The minimum atomic E-state index is 0.0242. The summed E-state index contributed by atoms with van der Waals surface area (Å²) in [5, 5.41) is 1.05. The number of rotatable bonds is 5. The first-order valence-electron chi connectivity index (χ1n) is 4.86. The molecule has 0 aromatic heterocycles. The van der Waals surface area contributed by atoms with Gasteiger partial charge in [0.15, 0.2) is 0 Å². The standard InChI is InChI=1S/C11H15Cl2NO2/c1-15-6-7(5-14)9-3-8(12)4-10(13)11(9)16-2/h3-4,7H,5-6,14H2,1-2H3. The Labute approximate surface area is 105 Å². The topological polar surface area (TPSA) is 44.5 Å². The average Bonchev–Trinajstić information content (AvgIpc) is 2.25. The largest absolute Gasteiger partial charge is 0.495 e. The summed E-state index contributed by atoms with van der Waals surface area (Å²) < 4.78 is 10.4. The third-order valence-electron chi connectivity index (χ3n) is 2.33. The van der Waals surface area contributed by atoms with E-state index in [9.17, 15) is 0 Å². The number of nitrogens with two attached hydrogens (primary N) is 1. The predicted molar refractivity (Wildman–Crippen MR) is 66.7 cm³/mol. The van der Waals surface area contributed by atoms with Crippen molar-refractivity contribution in [3.8, 4) is 5.75 Å². The van der Waals surface area contributed by atoms with Gasteiger partial charge in [-0.15, -0.1) is 0 Å². The zero-order valence-corrected chi connectivity index (χ0v) is 10.8. The SMILES string of the molecule is COCC(CN)c1cc(Cl)cc(Cl)c1OC. The second kappa shape index (κ2) is 6.30. The Hall–Kier alpha value is -0.480. The molecule has 0 heterocycles. The molecule has 3 nitrogen and oxygen atoms in total. The first-order chi connectivity index (χ1) is 7.63. The Bertz CT molecular complexity index is 358. The summed E-state index contributed by atoms with van der Waals surface area (Å²) in [6.45, 7) is 0.949. The molecule has 2 N–H and O–H groups in total. The molecule has 1 unspecified atom stereocenters. The van der Waals surface area contributed by atoms with E-state index in [4.69, 9.17) is 38.4 Å². The van der Waals surface area contributed by atoms with Gasteiger partial charge in [0.25, 0.3) is 0 Å². The van der Waals surface area contributed by atoms with Crippen LogP contribution < -0.4 is 10.5 Å². The highest BCUT2D eigenvalue weighted by atomic mass is 35.5. The van der Waals surface area contributed by atoms with Crippen molar-refractivity contribution in [1.29, 1.82) is 0 Å². The van der Waals surface area contributed by atoms with Crippen LogP contribution in [0.2, 0.25) is 10.0 Å². The highest BCUT2D eigenvalue weighted by molar-refractivity contribution is 6.35. The molecule has 0 fully saturated rings. The van der Waals surface area contributed by atoms with Crippen LogP contribution in [-0.2, 0) is 4.74 Å². The van der Waals surface area contributed by atoms with Gasteiger partial charge in [0.2, 0.25) is 0 Å². The summed E-state index contributed by atoms with van der Waals surface area (Å²) >= 11 is 12.0. The molecule has 0 bridgehead atoms. The van der Waals surface area contributed by atoms with Crippen molar-refractivity contribution in [3.05, 3.63) is 27.7 Å². The maximum atomic E-state index is 6.04. The number of hydrogen-bond acceptors (Lipinski definition) is 3. The van der Waals surface area contributed by atoms with Crippen LogP contribution in [0.1, 0.15) is 11.5 Å². The summed E-state index contributed by atoms with van der Waals surface area (Å²) in [5.41, 5.74) is 6.57. The van der Waals surface area contributed by atoms with Crippen molar-refractivity contribution in [2.45, 2.75) is 5.92 Å². The van der Waals surface area contributed by atoms with Gasteiger partial charge in [-0.1, -0.05) is 23.2 Å². The van der Waals surface area contributed by atoms with Gasteiger partial charge in [-0.25, -0.2) is 0 Å². The Morgan fingerprint density at radius 2 is 2.00 bits per heavy atom. The molecule has 1 atom stereocenters. The van der Waals surface area contributed by atoms with Crippen LogP contribution in [0.3, 0.4) is 0 Å². The molecule has 1 rings (SSSR count). The summed E-state index contributed by atoms with van der Waals surface area (Å²) in [6.07, 6.45) is 0. The fourth-order valence-corrected chi connectivity index (χ4v) is 2.17. The average molecular weight is 264 g/mol. The van der Waals surface area contributed by atoms with Gasteiger partial charge in [0.05, 0.1) is 18.7 Å². The van der Waals surface area contributed by atoms with Gasteiger partial charge >= 0.3 is 0 Å². The smallest absolute Gasteiger partial charge is 0.141 e. The maximum Gasteiger partial charge on any atom is 0.141 e. The lowest BCUT2D eigenvalue weighted by molar-refractivity contribution is 0.180. The monoisotopic (exact) mass is 263 g/mol. The molecule has 90 valence electrons. The number of methoxy groups -OCH3 is 2. The maximum absolute atomic E-state index is 6.04. The first kappa shape index (κ1) is 13.6. The lowest BCUT2D eigenvalue weighted by Crippen LogP contribution is -2.18. The summed E-state index contributed by atoms with van der Waals surface area (Å²) in [7, 11) is 3.19. The fourth-order valence-electron chi connectivity index (χ4n) is 1.58. The van der Waals surface area contributed by atoms with E-state index in [1.54, 1.807) is 20.3 Å². The second-order valence-electron chi connectivity index (χ2n) is 3.40. The van der Waals surface area contributed by atoms with Gasteiger partial charge in [-0.2, -0.15) is 0 Å². The van der Waals surface area contributed by atoms with E-state index < -0.39 is 0 Å². The molecule has 0 aliphatic rings. The van der Waals surface area contributed by atoms with E-state index in [1.165, 1.54) is 0 Å². The molecular formula is C11H15Cl2NO2. The highest BCUT2D eigenvalue weighted by Crippen LogP contribution is 2.36. The minimum absolute atomic E-state index is 0.0242. The van der Waals surface area contributed by atoms with E-state index in [0.717, 1.165) is 5.56 Å². The van der Waals surface area contributed by atoms with E-state index in [0.29, 0.717) is 28.9 Å². The van der Waals surface area contributed by atoms with Gasteiger partial charge < -0.3 is 15.2 Å². The number of hydrogen-bond donors (Lipinski definition) is 1. The van der Waals surface area contributed by atoms with Crippen LogP contribution in [0.4, 0.5) is 0 Å². The quantitative estimate of drug-likeness (QED) is 0.889. The molecule has 5 heteroatoms. The molecule has 1 aromatic rings. The van der Waals surface area contributed by atoms with Gasteiger partial charge in [-0.05, 0) is 12.1 Å². The third-order valence-corrected chi connectivity index (χ3v) is 2.83. The summed E-state index contributed by atoms with van der Waals surface area (Å²) in [6, 6.07) is 3.45.